The highest BCUT2D eigenvalue weighted by atomic mass is 32.2. The number of hydrogen-bond acceptors (Lipinski definition) is 3. The van der Waals surface area contributed by atoms with Crippen molar-refractivity contribution in [1.29, 1.82) is 0 Å². The van der Waals surface area contributed by atoms with E-state index in [-0.39, 0.29) is 16.0 Å². The molecule has 3 nitrogen and oxygen atoms in total. The quantitative estimate of drug-likeness (QED) is 0.948. The Labute approximate surface area is 122 Å². The molecule has 0 saturated carbocycles. The first kappa shape index (κ1) is 15.6. The SMILES string of the molecule is Cc1cc(F)c(C(N)c2cccc(S(C)(=O)=O)c2)cc1F. The van der Waals surface area contributed by atoms with E-state index in [0.717, 1.165) is 18.4 Å². The van der Waals surface area contributed by atoms with Crippen LogP contribution in [0.4, 0.5) is 8.78 Å². The summed E-state index contributed by atoms with van der Waals surface area (Å²) < 4.78 is 50.6. The lowest BCUT2D eigenvalue weighted by Gasteiger charge is -2.15. The van der Waals surface area contributed by atoms with Gasteiger partial charge in [-0.1, -0.05) is 12.1 Å². The van der Waals surface area contributed by atoms with E-state index in [1.165, 1.54) is 25.1 Å². The van der Waals surface area contributed by atoms with Gasteiger partial charge in [0.05, 0.1) is 10.9 Å². The maximum atomic E-state index is 13.9. The van der Waals surface area contributed by atoms with Gasteiger partial charge in [0.15, 0.2) is 9.84 Å². The number of benzene rings is 2. The molecular weight excluding hydrogens is 296 g/mol. The molecule has 2 aromatic rings. The molecule has 0 heterocycles. The zero-order chi connectivity index (χ0) is 15.8. The normalized spacial score (nSPS) is 13.2. The van der Waals surface area contributed by atoms with Crippen LogP contribution in [0.3, 0.4) is 0 Å². The Morgan fingerprint density at radius 1 is 1.10 bits per heavy atom. The summed E-state index contributed by atoms with van der Waals surface area (Å²) in [5, 5.41) is 0. The van der Waals surface area contributed by atoms with Gasteiger partial charge < -0.3 is 5.73 Å². The molecule has 1 atom stereocenters. The second kappa shape index (κ2) is 5.54. The second-order valence-corrected chi connectivity index (χ2v) is 6.96. The van der Waals surface area contributed by atoms with Gasteiger partial charge in [0.2, 0.25) is 0 Å². The van der Waals surface area contributed by atoms with Gasteiger partial charge in [0.1, 0.15) is 11.6 Å². The Balaban J connectivity index is 2.50. The van der Waals surface area contributed by atoms with Gasteiger partial charge in [-0.3, -0.25) is 0 Å². The highest BCUT2D eigenvalue weighted by molar-refractivity contribution is 7.90. The van der Waals surface area contributed by atoms with E-state index in [1.807, 2.05) is 0 Å². The minimum absolute atomic E-state index is 0.0104. The van der Waals surface area contributed by atoms with Crippen LogP contribution in [0.25, 0.3) is 0 Å². The van der Waals surface area contributed by atoms with Crippen LogP contribution in [0, 0.1) is 18.6 Å². The predicted molar refractivity (Wildman–Crippen MR) is 76.7 cm³/mol. The molecule has 112 valence electrons. The van der Waals surface area contributed by atoms with Crippen molar-refractivity contribution in [2.45, 2.75) is 17.9 Å². The van der Waals surface area contributed by atoms with E-state index in [1.54, 1.807) is 6.07 Å². The summed E-state index contributed by atoms with van der Waals surface area (Å²) in [6, 6.07) is 7.08. The Kier molecular flexibility index (Phi) is 4.11. The van der Waals surface area contributed by atoms with Crippen LogP contribution in [0.15, 0.2) is 41.3 Å². The maximum absolute atomic E-state index is 13.9. The maximum Gasteiger partial charge on any atom is 0.175 e. The molecule has 1 unspecified atom stereocenters. The first-order valence-electron chi connectivity index (χ1n) is 6.21. The molecular formula is C15H15F2NO2S. The summed E-state index contributed by atoms with van der Waals surface area (Å²) in [5.41, 5.74) is 6.53. The molecule has 6 heteroatoms. The van der Waals surface area contributed by atoms with E-state index in [0.29, 0.717) is 5.56 Å². The number of halogens is 2. The zero-order valence-corrected chi connectivity index (χ0v) is 12.4. The molecule has 0 aliphatic carbocycles. The van der Waals surface area contributed by atoms with Crippen molar-refractivity contribution in [3.63, 3.8) is 0 Å². The molecule has 2 N–H and O–H groups in total. The number of sulfone groups is 1. The summed E-state index contributed by atoms with van der Waals surface area (Å²) in [6.07, 6.45) is 1.07. The molecule has 2 rings (SSSR count). The fourth-order valence-electron chi connectivity index (χ4n) is 2.02. The van der Waals surface area contributed by atoms with Gasteiger partial charge in [-0.15, -0.1) is 0 Å². The average molecular weight is 311 g/mol. The van der Waals surface area contributed by atoms with Gasteiger partial charge in [-0.25, -0.2) is 17.2 Å². The lowest BCUT2D eigenvalue weighted by Crippen LogP contribution is -2.15. The predicted octanol–water partition coefficient (Wildman–Crippen LogP) is 2.72. The molecule has 0 aliphatic rings. The van der Waals surface area contributed by atoms with Gasteiger partial charge in [0, 0.05) is 11.8 Å². The van der Waals surface area contributed by atoms with Crippen LogP contribution in [0.2, 0.25) is 0 Å². The fraction of sp³-hybridized carbons (Fsp3) is 0.200. The highest BCUT2D eigenvalue weighted by Crippen LogP contribution is 2.26. The molecule has 21 heavy (non-hydrogen) atoms. The summed E-state index contributed by atoms with van der Waals surface area (Å²) in [7, 11) is -3.39. The lowest BCUT2D eigenvalue weighted by atomic mass is 9.98. The van der Waals surface area contributed by atoms with E-state index in [4.69, 9.17) is 5.73 Å². The lowest BCUT2D eigenvalue weighted by molar-refractivity contribution is 0.570. The fourth-order valence-corrected chi connectivity index (χ4v) is 2.69. The Hall–Kier alpha value is -1.79. The third-order valence-electron chi connectivity index (χ3n) is 3.26. The van der Waals surface area contributed by atoms with E-state index < -0.39 is 27.5 Å². The average Bonchev–Trinajstić information content (AvgIpc) is 2.41. The van der Waals surface area contributed by atoms with Gasteiger partial charge in [-0.05, 0) is 42.3 Å². The van der Waals surface area contributed by atoms with Crippen molar-refractivity contribution in [1.82, 2.24) is 0 Å². The topological polar surface area (TPSA) is 60.2 Å². The largest absolute Gasteiger partial charge is 0.320 e. The van der Waals surface area contributed by atoms with Gasteiger partial charge in [-0.2, -0.15) is 0 Å². The van der Waals surface area contributed by atoms with Crippen LogP contribution in [0.1, 0.15) is 22.7 Å². The van der Waals surface area contributed by atoms with E-state index >= 15 is 0 Å². The van der Waals surface area contributed by atoms with Crippen molar-refractivity contribution in [3.8, 4) is 0 Å². The van der Waals surface area contributed by atoms with Crippen molar-refractivity contribution in [2.75, 3.05) is 6.26 Å². The Bertz CT molecular complexity index is 788. The van der Waals surface area contributed by atoms with Crippen LogP contribution in [0.5, 0.6) is 0 Å². The molecule has 0 aliphatic heterocycles. The zero-order valence-electron chi connectivity index (χ0n) is 11.6. The van der Waals surface area contributed by atoms with E-state index in [2.05, 4.69) is 0 Å². The Morgan fingerprint density at radius 2 is 1.76 bits per heavy atom. The number of aryl methyl sites for hydroxylation is 1. The molecule has 0 spiro atoms. The summed E-state index contributed by atoms with van der Waals surface area (Å²) in [4.78, 5) is 0.0865. The highest BCUT2D eigenvalue weighted by Gasteiger charge is 2.17. The molecule has 0 amide bonds. The molecule has 0 fully saturated rings. The van der Waals surface area contributed by atoms with Crippen molar-refractivity contribution < 1.29 is 17.2 Å². The minimum atomic E-state index is -3.39. The van der Waals surface area contributed by atoms with E-state index in [9.17, 15) is 17.2 Å². The van der Waals surface area contributed by atoms with Crippen molar-refractivity contribution in [3.05, 3.63) is 64.7 Å². The first-order chi connectivity index (χ1) is 9.70. The minimum Gasteiger partial charge on any atom is -0.320 e. The van der Waals surface area contributed by atoms with Crippen LogP contribution >= 0.6 is 0 Å². The smallest absolute Gasteiger partial charge is 0.175 e. The third-order valence-corrected chi connectivity index (χ3v) is 4.37. The molecule has 0 aromatic heterocycles. The van der Waals surface area contributed by atoms with Crippen LogP contribution in [-0.4, -0.2) is 14.7 Å². The monoisotopic (exact) mass is 311 g/mol. The number of hydrogen-bond donors (Lipinski definition) is 1. The van der Waals surface area contributed by atoms with Crippen molar-refractivity contribution in [2.24, 2.45) is 5.73 Å². The number of nitrogens with two attached hydrogens (primary N) is 1. The van der Waals surface area contributed by atoms with Crippen molar-refractivity contribution >= 4 is 9.84 Å². The third kappa shape index (κ3) is 3.28. The summed E-state index contributed by atoms with van der Waals surface area (Å²) in [6.45, 7) is 1.46. The molecule has 2 aromatic carbocycles. The molecule has 0 radical (unpaired) electrons. The standard InChI is InChI=1S/C15H15F2NO2S/c1-9-6-14(17)12(8-13(9)16)15(18)10-4-3-5-11(7-10)21(2,19)20/h3-8,15H,18H2,1-2H3. The molecule has 0 bridgehead atoms. The number of rotatable bonds is 3. The second-order valence-electron chi connectivity index (χ2n) is 4.95. The van der Waals surface area contributed by atoms with Gasteiger partial charge in [0.25, 0.3) is 0 Å². The summed E-state index contributed by atoms with van der Waals surface area (Å²) >= 11 is 0. The van der Waals surface area contributed by atoms with Crippen LogP contribution < -0.4 is 5.73 Å². The summed E-state index contributed by atoms with van der Waals surface area (Å²) in [5.74, 6) is -1.17. The van der Waals surface area contributed by atoms with Gasteiger partial charge >= 0.3 is 0 Å². The molecule has 0 saturated heterocycles. The Morgan fingerprint density at radius 3 is 2.38 bits per heavy atom. The van der Waals surface area contributed by atoms with Crippen LogP contribution in [-0.2, 0) is 9.84 Å². The first-order valence-corrected chi connectivity index (χ1v) is 8.10.